The number of nitrogens with one attached hydrogen (secondary N) is 1. The molecule has 0 atom stereocenters. The molecule has 5 nitrogen and oxygen atoms in total. The Morgan fingerprint density at radius 2 is 1.89 bits per heavy atom. The second kappa shape index (κ2) is 5.35. The van der Waals surface area contributed by atoms with Crippen molar-refractivity contribution < 1.29 is 9.47 Å². The van der Waals surface area contributed by atoms with Crippen LogP contribution >= 0.6 is 0 Å². The molecule has 0 amide bonds. The highest BCUT2D eigenvalue weighted by Crippen LogP contribution is 2.24. The summed E-state index contributed by atoms with van der Waals surface area (Å²) in [5, 5.41) is 2.96. The Hall–Kier alpha value is -2.30. The zero-order valence-corrected chi connectivity index (χ0v) is 10.6. The number of aryl methyl sites for hydroxylation is 1. The van der Waals surface area contributed by atoms with Crippen LogP contribution < -0.4 is 14.8 Å². The molecule has 0 spiro atoms. The average molecular weight is 245 g/mol. The number of anilines is 1. The van der Waals surface area contributed by atoms with E-state index in [0.717, 1.165) is 11.6 Å². The summed E-state index contributed by atoms with van der Waals surface area (Å²) in [4.78, 5) is 8.42. The van der Waals surface area contributed by atoms with E-state index in [0.29, 0.717) is 17.5 Å². The summed E-state index contributed by atoms with van der Waals surface area (Å²) in [5.41, 5.74) is 0. The lowest BCUT2D eigenvalue weighted by molar-refractivity contribution is 0.407. The highest BCUT2D eigenvalue weighted by atomic mass is 16.5. The molecule has 1 N–H and O–H groups in total. The molecule has 0 saturated carbocycles. The summed E-state index contributed by atoms with van der Waals surface area (Å²) >= 11 is 0. The van der Waals surface area contributed by atoms with E-state index in [4.69, 9.17) is 9.47 Å². The number of aromatic nitrogens is 2. The average Bonchev–Trinajstić information content (AvgIpc) is 2.38. The fourth-order valence-electron chi connectivity index (χ4n) is 1.51. The molecule has 94 valence electrons. The minimum Gasteiger partial charge on any atom is -0.497 e. The summed E-state index contributed by atoms with van der Waals surface area (Å²) in [6.45, 7) is 1.82. The Morgan fingerprint density at radius 3 is 2.61 bits per heavy atom. The molecule has 0 aliphatic carbocycles. The van der Waals surface area contributed by atoms with Gasteiger partial charge < -0.3 is 14.8 Å². The molecule has 0 saturated heterocycles. The molecule has 2 rings (SSSR count). The van der Waals surface area contributed by atoms with E-state index >= 15 is 0 Å². The van der Waals surface area contributed by atoms with Crippen molar-refractivity contribution in [3.8, 4) is 17.4 Å². The molecule has 18 heavy (non-hydrogen) atoms. The number of hydrogen-bond donors (Lipinski definition) is 1. The number of rotatable bonds is 4. The van der Waals surface area contributed by atoms with E-state index in [1.807, 2.05) is 25.1 Å². The van der Waals surface area contributed by atoms with Crippen LogP contribution in [0.2, 0.25) is 0 Å². The van der Waals surface area contributed by atoms with Gasteiger partial charge in [0, 0.05) is 19.2 Å². The topological polar surface area (TPSA) is 56.3 Å². The van der Waals surface area contributed by atoms with E-state index in [-0.39, 0.29) is 0 Å². The highest BCUT2D eigenvalue weighted by molar-refractivity contribution is 5.40. The molecular weight excluding hydrogens is 230 g/mol. The molecule has 5 heteroatoms. The summed E-state index contributed by atoms with van der Waals surface area (Å²) in [5.74, 6) is 3.29. The molecule has 0 aliphatic rings. The predicted molar refractivity (Wildman–Crippen MR) is 69.4 cm³/mol. The number of benzene rings is 1. The van der Waals surface area contributed by atoms with E-state index in [9.17, 15) is 0 Å². The van der Waals surface area contributed by atoms with Crippen LogP contribution in [0.5, 0.6) is 17.4 Å². The third-order valence-electron chi connectivity index (χ3n) is 2.33. The van der Waals surface area contributed by atoms with Crippen molar-refractivity contribution in [3.63, 3.8) is 0 Å². The number of hydrogen-bond acceptors (Lipinski definition) is 5. The van der Waals surface area contributed by atoms with Gasteiger partial charge in [0.1, 0.15) is 23.1 Å². The number of nitrogens with zero attached hydrogens (tertiary/aromatic N) is 2. The Bertz CT molecular complexity index is 544. The summed E-state index contributed by atoms with van der Waals surface area (Å²) < 4.78 is 10.8. The van der Waals surface area contributed by atoms with Gasteiger partial charge in [-0.3, -0.25) is 0 Å². The van der Waals surface area contributed by atoms with Crippen LogP contribution in [0.4, 0.5) is 5.82 Å². The van der Waals surface area contributed by atoms with Crippen molar-refractivity contribution in [3.05, 3.63) is 36.2 Å². The Balaban J connectivity index is 2.24. The minimum atomic E-state index is 0.500. The van der Waals surface area contributed by atoms with E-state index in [1.165, 1.54) is 0 Å². The van der Waals surface area contributed by atoms with Gasteiger partial charge in [0.25, 0.3) is 0 Å². The third-order valence-corrected chi connectivity index (χ3v) is 2.33. The lowest BCUT2D eigenvalue weighted by Crippen LogP contribution is -1.98. The van der Waals surface area contributed by atoms with Gasteiger partial charge in [0.15, 0.2) is 0 Å². The van der Waals surface area contributed by atoms with Gasteiger partial charge in [-0.2, -0.15) is 4.98 Å². The first-order chi connectivity index (χ1) is 8.71. The van der Waals surface area contributed by atoms with Crippen LogP contribution in [0, 0.1) is 6.92 Å². The van der Waals surface area contributed by atoms with E-state index < -0.39 is 0 Å². The quantitative estimate of drug-likeness (QED) is 0.897. The fourth-order valence-corrected chi connectivity index (χ4v) is 1.51. The lowest BCUT2D eigenvalue weighted by atomic mass is 10.3. The molecule has 1 aromatic heterocycles. The van der Waals surface area contributed by atoms with Crippen LogP contribution in [0.25, 0.3) is 0 Å². The Labute approximate surface area is 106 Å². The fraction of sp³-hybridized carbons (Fsp3) is 0.231. The Kier molecular flexibility index (Phi) is 3.62. The maximum atomic E-state index is 5.67. The first-order valence-corrected chi connectivity index (χ1v) is 5.56. The van der Waals surface area contributed by atoms with Crippen LogP contribution in [0.1, 0.15) is 5.82 Å². The highest BCUT2D eigenvalue weighted by Gasteiger charge is 2.04. The molecular formula is C13H15N3O2. The van der Waals surface area contributed by atoms with Crippen molar-refractivity contribution in [2.75, 3.05) is 19.5 Å². The molecule has 0 fully saturated rings. The molecule has 1 aromatic carbocycles. The zero-order valence-electron chi connectivity index (χ0n) is 10.6. The second-order valence-corrected chi connectivity index (χ2v) is 3.67. The summed E-state index contributed by atoms with van der Waals surface area (Å²) in [6.07, 6.45) is 0. The van der Waals surface area contributed by atoms with Crippen LogP contribution in [-0.4, -0.2) is 24.1 Å². The number of methoxy groups -OCH3 is 1. The Morgan fingerprint density at radius 1 is 1.11 bits per heavy atom. The SMILES string of the molecule is CNc1cc(Oc2cccc(OC)c2)nc(C)n1. The van der Waals surface area contributed by atoms with Gasteiger partial charge in [-0.15, -0.1) is 0 Å². The van der Waals surface area contributed by atoms with E-state index in [2.05, 4.69) is 15.3 Å². The second-order valence-electron chi connectivity index (χ2n) is 3.67. The van der Waals surface area contributed by atoms with Crippen molar-refractivity contribution in [1.82, 2.24) is 9.97 Å². The van der Waals surface area contributed by atoms with E-state index in [1.54, 1.807) is 26.3 Å². The maximum Gasteiger partial charge on any atom is 0.224 e. The van der Waals surface area contributed by atoms with Gasteiger partial charge in [-0.05, 0) is 19.1 Å². The zero-order chi connectivity index (χ0) is 13.0. The largest absolute Gasteiger partial charge is 0.497 e. The standard InChI is InChI=1S/C13H15N3O2/c1-9-15-12(14-2)8-13(16-9)18-11-6-4-5-10(7-11)17-3/h4-8H,1-3H3,(H,14,15,16). The van der Waals surface area contributed by atoms with Crippen molar-refractivity contribution in [2.45, 2.75) is 6.92 Å². The lowest BCUT2D eigenvalue weighted by Gasteiger charge is -2.08. The summed E-state index contributed by atoms with van der Waals surface area (Å²) in [7, 11) is 3.42. The number of ether oxygens (including phenoxy) is 2. The third kappa shape index (κ3) is 2.88. The van der Waals surface area contributed by atoms with Gasteiger partial charge in [0.05, 0.1) is 7.11 Å². The molecule has 1 heterocycles. The van der Waals surface area contributed by atoms with Crippen LogP contribution in [0.15, 0.2) is 30.3 Å². The smallest absolute Gasteiger partial charge is 0.224 e. The molecule has 0 radical (unpaired) electrons. The molecule has 0 aliphatic heterocycles. The van der Waals surface area contributed by atoms with Crippen LogP contribution in [-0.2, 0) is 0 Å². The van der Waals surface area contributed by atoms with Gasteiger partial charge in [-0.1, -0.05) is 6.07 Å². The van der Waals surface area contributed by atoms with Crippen molar-refractivity contribution in [2.24, 2.45) is 0 Å². The molecule has 0 unspecified atom stereocenters. The predicted octanol–water partition coefficient (Wildman–Crippen LogP) is 2.63. The summed E-state index contributed by atoms with van der Waals surface area (Å²) in [6, 6.07) is 9.11. The van der Waals surface area contributed by atoms with Crippen molar-refractivity contribution >= 4 is 5.82 Å². The maximum absolute atomic E-state index is 5.67. The van der Waals surface area contributed by atoms with Gasteiger partial charge in [-0.25, -0.2) is 4.98 Å². The van der Waals surface area contributed by atoms with Crippen LogP contribution in [0.3, 0.4) is 0 Å². The molecule has 2 aromatic rings. The molecule has 0 bridgehead atoms. The first kappa shape index (κ1) is 12.2. The van der Waals surface area contributed by atoms with Gasteiger partial charge >= 0.3 is 0 Å². The normalized spacial score (nSPS) is 9.94. The first-order valence-electron chi connectivity index (χ1n) is 5.56. The monoisotopic (exact) mass is 245 g/mol. The van der Waals surface area contributed by atoms with Crippen molar-refractivity contribution in [1.29, 1.82) is 0 Å². The van der Waals surface area contributed by atoms with Gasteiger partial charge in [0.2, 0.25) is 5.88 Å². The minimum absolute atomic E-state index is 0.500.